The van der Waals surface area contributed by atoms with Crippen molar-refractivity contribution in [3.05, 3.63) is 52.8 Å². The number of rotatable bonds is 7. The number of benzene rings is 2. The molecule has 0 bridgehead atoms. The first-order chi connectivity index (χ1) is 14.0. The molecule has 2 saturated heterocycles. The van der Waals surface area contributed by atoms with E-state index in [0.29, 0.717) is 5.69 Å². The van der Waals surface area contributed by atoms with Crippen molar-refractivity contribution in [3.63, 3.8) is 0 Å². The summed E-state index contributed by atoms with van der Waals surface area (Å²) in [5.41, 5.74) is 3.96. The maximum absolute atomic E-state index is 13.6. The summed E-state index contributed by atoms with van der Waals surface area (Å²) in [6, 6.07) is 10.8. The van der Waals surface area contributed by atoms with Crippen LogP contribution in [0.1, 0.15) is 5.56 Å². The summed E-state index contributed by atoms with van der Waals surface area (Å²) < 4.78 is 24.7. The number of hydrogen-bond acceptors (Lipinski definition) is 5. The van der Waals surface area contributed by atoms with Crippen molar-refractivity contribution in [2.45, 2.75) is 6.92 Å². The number of hydrogen-bond donors (Lipinski definition) is 2. The van der Waals surface area contributed by atoms with Crippen LogP contribution >= 0.6 is 11.6 Å². The SMILES string of the molecule is Cc1cc(Nc2ccc(Cl)c(F)c2)ccc1NCC1(CN2CCOCC2)COC1. The van der Waals surface area contributed by atoms with Crippen molar-refractivity contribution in [1.29, 1.82) is 0 Å². The molecule has 0 atom stereocenters. The normalized spacial score (nSPS) is 18.9. The van der Waals surface area contributed by atoms with Crippen LogP contribution in [-0.4, -0.2) is 57.5 Å². The third kappa shape index (κ3) is 5.01. The highest BCUT2D eigenvalue weighted by Crippen LogP contribution is 2.31. The Morgan fingerprint density at radius 3 is 2.45 bits per heavy atom. The Labute approximate surface area is 176 Å². The van der Waals surface area contributed by atoms with E-state index >= 15 is 0 Å². The van der Waals surface area contributed by atoms with Gasteiger partial charge in [-0.2, -0.15) is 0 Å². The molecule has 29 heavy (non-hydrogen) atoms. The van der Waals surface area contributed by atoms with Gasteiger partial charge in [0, 0.05) is 48.7 Å². The van der Waals surface area contributed by atoms with Crippen molar-refractivity contribution in [2.24, 2.45) is 5.41 Å². The van der Waals surface area contributed by atoms with Crippen molar-refractivity contribution >= 4 is 28.7 Å². The summed E-state index contributed by atoms with van der Waals surface area (Å²) >= 11 is 5.75. The van der Waals surface area contributed by atoms with Crippen molar-refractivity contribution in [1.82, 2.24) is 4.90 Å². The molecule has 2 fully saturated rings. The molecule has 156 valence electrons. The molecule has 4 rings (SSSR count). The summed E-state index contributed by atoms with van der Waals surface area (Å²) in [6.45, 7) is 9.17. The second-order valence-corrected chi connectivity index (χ2v) is 8.43. The fourth-order valence-corrected chi connectivity index (χ4v) is 3.95. The van der Waals surface area contributed by atoms with Crippen molar-refractivity contribution in [2.75, 3.05) is 63.2 Å². The lowest BCUT2D eigenvalue weighted by atomic mass is 9.84. The van der Waals surface area contributed by atoms with Crippen molar-refractivity contribution < 1.29 is 13.9 Å². The summed E-state index contributed by atoms with van der Waals surface area (Å²) in [5, 5.41) is 6.96. The molecule has 0 unspecified atom stereocenters. The van der Waals surface area contributed by atoms with Gasteiger partial charge in [-0.1, -0.05) is 11.6 Å². The average molecular weight is 420 g/mol. The Balaban J connectivity index is 1.37. The van der Waals surface area contributed by atoms with Crippen LogP contribution in [-0.2, 0) is 9.47 Å². The molecule has 2 aromatic rings. The Bertz CT molecular complexity index is 854. The molecule has 0 radical (unpaired) electrons. The van der Waals surface area contributed by atoms with Crippen LogP contribution in [0.5, 0.6) is 0 Å². The van der Waals surface area contributed by atoms with Gasteiger partial charge >= 0.3 is 0 Å². The van der Waals surface area contributed by atoms with Crippen LogP contribution in [0.25, 0.3) is 0 Å². The Morgan fingerprint density at radius 1 is 1.07 bits per heavy atom. The van der Waals surface area contributed by atoms with E-state index in [1.807, 2.05) is 6.07 Å². The van der Waals surface area contributed by atoms with Gasteiger partial charge in [-0.3, -0.25) is 4.90 Å². The zero-order chi connectivity index (χ0) is 20.3. The molecule has 7 heteroatoms. The maximum atomic E-state index is 13.6. The minimum Gasteiger partial charge on any atom is -0.384 e. The molecule has 2 aromatic carbocycles. The minimum atomic E-state index is -0.431. The molecule has 0 saturated carbocycles. The summed E-state index contributed by atoms with van der Waals surface area (Å²) in [5.74, 6) is -0.431. The first-order valence-corrected chi connectivity index (χ1v) is 10.4. The fourth-order valence-electron chi connectivity index (χ4n) is 3.84. The smallest absolute Gasteiger partial charge is 0.143 e. The number of ether oxygens (including phenoxy) is 2. The fraction of sp³-hybridized carbons (Fsp3) is 0.455. The predicted molar refractivity (Wildman–Crippen MR) is 115 cm³/mol. The Morgan fingerprint density at radius 2 is 1.79 bits per heavy atom. The maximum Gasteiger partial charge on any atom is 0.143 e. The van der Waals surface area contributed by atoms with Gasteiger partial charge in [-0.05, 0) is 48.9 Å². The van der Waals surface area contributed by atoms with Crippen LogP contribution in [0.3, 0.4) is 0 Å². The summed E-state index contributed by atoms with van der Waals surface area (Å²) in [4.78, 5) is 2.47. The van der Waals surface area contributed by atoms with E-state index in [9.17, 15) is 4.39 Å². The first-order valence-electron chi connectivity index (χ1n) is 9.98. The van der Waals surface area contributed by atoms with E-state index in [1.54, 1.807) is 12.1 Å². The van der Waals surface area contributed by atoms with Gasteiger partial charge in [0.25, 0.3) is 0 Å². The topological polar surface area (TPSA) is 45.8 Å². The number of morpholine rings is 1. The van der Waals surface area contributed by atoms with Crippen LogP contribution in [0, 0.1) is 18.2 Å². The molecule has 0 aliphatic carbocycles. The number of halogens is 2. The van der Waals surface area contributed by atoms with Crippen LogP contribution in [0.4, 0.5) is 21.5 Å². The molecule has 0 aromatic heterocycles. The Kier molecular flexibility index (Phi) is 6.25. The highest BCUT2D eigenvalue weighted by atomic mass is 35.5. The van der Waals surface area contributed by atoms with Gasteiger partial charge in [0.2, 0.25) is 0 Å². The second-order valence-electron chi connectivity index (χ2n) is 8.02. The molecule has 2 heterocycles. The molecular formula is C22H27ClFN3O2. The van der Waals surface area contributed by atoms with Crippen LogP contribution < -0.4 is 10.6 Å². The molecule has 0 amide bonds. The van der Waals surface area contributed by atoms with Gasteiger partial charge in [-0.15, -0.1) is 0 Å². The summed E-state index contributed by atoms with van der Waals surface area (Å²) in [7, 11) is 0. The van der Waals surface area contributed by atoms with E-state index in [0.717, 1.165) is 69.5 Å². The lowest BCUT2D eigenvalue weighted by Crippen LogP contribution is -2.56. The number of nitrogens with one attached hydrogen (secondary N) is 2. The third-order valence-electron chi connectivity index (χ3n) is 5.57. The number of aryl methyl sites for hydroxylation is 1. The van der Waals surface area contributed by atoms with E-state index < -0.39 is 5.82 Å². The highest BCUT2D eigenvalue weighted by Gasteiger charge is 2.40. The standard InChI is InChI=1S/C22H27ClFN3O2/c1-16-10-17(26-18-2-4-19(23)20(24)11-18)3-5-21(16)25-12-22(14-29-15-22)13-27-6-8-28-9-7-27/h2-5,10-11,25-26H,6-9,12-15H2,1H3. The molecule has 2 aliphatic rings. The van der Waals surface area contributed by atoms with Crippen LogP contribution in [0.2, 0.25) is 5.02 Å². The van der Waals surface area contributed by atoms with Gasteiger partial charge in [0.05, 0.1) is 31.5 Å². The van der Waals surface area contributed by atoms with Crippen molar-refractivity contribution in [3.8, 4) is 0 Å². The summed E-state index contributed by atoms with van der Waals surface area (Å²) in [6.07, 6.45) is 0. The van der Waals surface area contributed by atoms with E-state index in [4.69, 9.17) is 21.1 Å². The van der Waals surface area contributed by atoms with Crippen LogP contribution in [0.15, 0.2) is 36.4 Å². The molecule has 2 N–H and O–H groups in total. The van der Waals surface area contributed by atoms with Gasteiger partial charge in [0.15, 0.2) is 0 Å². The zero-order valence-electron chi connectivity index (χ0n) is 16.6. The third-order valence-corrected chi connectivity index (χ3v) is 5.87. The largest absolute Gasteiger partial charge is 0.384 e. The number of nitrogens with zero attached hydrogens (tertiary/aromatic N) is 1. The van der Waals surface area contributed by atoms with E-state index in [-0.39, 0.29) is 10.4 Å². The molecule has 5 nitrogen and oxygen atoms in total. The highest BCUT2D eigenvalue weighted by molar-refractivity contribution is 6.30. The molecule has 2 aliphatic heterocycles. The second kappa shape index (κ2) is 8.88. The average Bonchev–Trinajstić information content (AvgIpc) is 2.69. The minimum absolute atomic E-state index is 0.122. The first kappa shape index (κ1) is 20.4. The van der Waals surface area contributed by atoms with Gasteiger partial charge in [0.1, 0.15) is 5.82 Å². The number of anilines is 3. The lowest BCUT2D eigenvalue weighted by Gasteiger charge is -2.45. The van der Waals surface area contributed by atoms with Gasteiger partial charge < -0.3 is 20.1 Å². The zero-order valence-corrected chi connectivity index (χ0v) is 17.4. The van der Waals surface area contributed by atoms with Gasteiger partial charge in [-0.25, -0.2) is 4.39 Å². The van der Waals surface area contributed by atoms with E-state index in [2.05, 4.69) is 34.6 Å². The Hall–Kier alpha value is -1.86. The lowest BCUT2D eigenvalue weighted by molar-refractivity contribution is -0.125. The molecular weight excluding hydrogens is 393 g/mol. The molecule has 0 spiro atoms. The predicted octanol–water partition coefficient (Wildman–Crippen LogP) is 4.29. The monoisotopic (exact) mass is 419 g/mol. The van der Waals surface area contributed by atoms with E-state index in [1.165, 1.54) is 6.07 Å². The quantitative estimate of drug-likeness (QED) is 0.701.